The molecule has 0 radical (unpaired) electrons. The molecule has 94 valence electrons. The Morgan fingerprint density at radius 1 is 1.47 bits per heavy atom. The smallest absolute Gasteiger partial charge is 0.407 e. The zero-order chi connectivity index (χ0) is 12.7. The van der Waals surface area contributed by atoms with Crippen LogP contribution < -0.4 is 5.32 Å². The van der Waals surface area contributed by atoms with Crippen molar-refractivity contribution in [3.8, 4) is 0 Å². The standard InChI is InChI=1S/C13H20N2O2/c1-4-10(2)11(3)15-13(16)17-9-12-7-5-6-8-14-12/h5-8,10-11H,4,9H2,1-3H3,(H,15,16)/t10-,11+/m0/s1. The van der Waals surface area contributed by atoms with Crippen LogP contribution in [0.3, 0.4) is 0 Å². The lowest BCUT2D eigenvalue weighted by molar-refractivity contribution is 0.132. The maximum Gasteiger partial charge on any atom is 0.407 e. The van der Waals surface area contributed by atoms with E-state index in [1.165, 1.54) is 0 Å². The normalized spacial score (nSPS) is 13.8. The van der Waals surface area contributed by atoms with Crippen LogP contribution in [-0.2, 0) is 11.3 Å². The first kappa shape index (κ1) is 13.5. The SMILES string of the molecule is CC[C@H](C)[C@@H](C)NC(=O)OCc1ccccn1. The third-order valence-corrected chi connectivity index (χ3v) is 2.92. The molecule has 1 rings (SSSR count). The number of alkyl carbamates (subject to hydrolysis) is 1. The average molecular weight is 236 g/mol. The van der Waals surface area contributed by atoms with E-state index in [0.717, 1.165) is 12.1 Å². The minimum atomic E-state index is -0.386. The van der Waals surface area contributed by atoms with Crippen LogP contribution in [0.4, 0.5) is 4.79 Å². The molecule has 0 aliphatic carbocycles. The van der Waals surface area contributed by atoms with Crippen LogP contribution in [0, 0.1) is 5.92 Å². The summed E-state index contributed by atoms with van der Waals surface area (Å²) in [5.74, 6) is 0.442. The summed E-state index contributed by atoms with van der Waals surface area (Å²) in [6, 6.07) is 5.64. The maximum atomic E-state index is 11.5. The van der Waals surface area contributed by atoms with Gasteiger partial charge in [0.15, 0.2) is 0 Å². The molecule has 1 amide bonds. The molecule has 0 spiro atoms. The molecule has 17 heavy (non-hydrogen) atoms. The number of carbonyl (C=O) groups excluding carboxylic acids is 1. The third-order valence-electron chi connectivity index (χ3n) is 2.92. The van der Waals surface area contributed by atoms with Gasteiger partial charge in [0.2, 0.25) is 0 Å². The molecule has 0 aromatic carbocycles. The van der Waals surface area contributed by atoms with Gasteiger partial charge in [-0.25, -0.2) is 4.79 Å². The number of amides is 1. The Labute approximate surface area is 102 Å². The Morgan fingerprint density at radius 2 is 2.24 bits per heavy atom. The van der Waals surface area contributed by atoms with Gasteiger partial charge in [-0.3, -0.25) is 4.98 Å². The van der Waals surface area contributed by atoms with Crippen molar-refractivity contribution >= 4 is 6.09 Å². The van der Waals surface area contributed by atoms with E-state index in [4.69, 9.17) is 4.74 Å². The molecule has 1 aromatic rings. The Bertz CT molecular complexity index is 341. The van der Waals surface area contributed by atoms with E-state index in [1.807, 2.05) is 25.1 Å². The average Bonchev–Trinajstić information content (AvgIpc) is 2.36. The van der Waals surface area contributed by atoms with E-state index in [-0.39, 0.29) is 18.7 Å². The number of nitrogens with zero attached hydrogens (tertiary/aromatic N) is 1. The predicted molar refractivity (Wildman–Crippen MR) is 66.5 cm³/mol. The highest BCUT2D eigenvalue weighted by molar-refractivity contribution is 5.67. The van der Waals surface area contributed by atoms with Crippen LogP contribution in [-0.4, -0.2) is 17.1 Å². The van der Waals surface area contributed by atoms with Crippen LogP contribution in [0.15, 0.2) is 24.4 Å². The number of pyridine rings is 1. The van der Waals surface area contributed by atoms with Gasteiger partial charge in [0.1, 0.15) is 6.61 Å². The summed E-state index contributed by atoms with van der Waals surface area (Å²) < 4.78 is 5.08. The van der Waals surface area contributed by atoms with Gasteiger partial charge >= 0.3 is 6.09 Å². The first-order chi connectivity index (χ1) is 8.13. The molecule has 2 atom stereocenters. The van der Waals surface area contributed by atoms with Crippen molar-refractivity contribution < 1.29 is 9.53 Å². The molecule has 4 nitrogen and oxygen atoms in total. The number of aromatic nitrogens is 1. The lowest BCUT2D eigenvalue weighted by atomic mass is 10.0. The van der Waals surface area contributed by atoms with Crippen LogP contribution in [0.2, 0.25) is 0 Å². The molecular weight excluding hydrogens is 216 g/mol. The van der Waals surface area contributed by atoms with Gasteiger partial charge in [-0.15, -0.1) is 0 Å². The van der Waals surface area contributed by atoms with E-state index in [1.54, 1.807) is 6.20 Å². The molecule has 1 N–H and O–H groups in total. The molecule has 0 aliphatic heterocycles. The van der Waals surface area contributed by atoms with E-state index >= 15 is 0 Å². The second-order valence-corrected chi connectivity index (χ2v) is 4.22. The first-order valence-corrected chi connectivity index (χ1v) is 5.96. The van der Waals surface area contributed by atoms with Gasteiger partial charge in [0, 0.05) is 12.2 Å². The molecule has 0 saturated carbocycles. The lowest BCUT2D eigenvalue weighted by Crippen LogP contribution is -2.37. The second-order valence-electron chi connectivity index (χ2n) is 4.22. The quantitative estimate of drug-likeness (QED) is 0.855. The zero-order valence-electron chi connectivity index (χ0n) is 10.6. The Kier molecular flexibility index (Phi) is 5.46. The van der Waals surface area contributed by atoms with E-state index in [0.29, 0.717) is 5.92 Å². The maximum absolute atomic E-state index is 11.5. The minimum absolute atomic E-state index is 0.122. The highest BCUT2D eigenvalue weighted by Gasteiger charge is 2.13. The summed E-state index contributed by atoms with van der Waals surface area (Å²) in [6.45, 7) is 6.39. The van der Waals surface area contributed by atoms with Crippen molar-refractivity contribution in [1.29, 1.82) is 0 Å². The topological polar surface area (TPSA) is 51.2 Å². The molecule has 0 fully saturated rings. The first-order valence-electron chi connectivity index (χ1n) is 5.96. The molecule has 0 saturated heterocycles. The number of rotatable bonds is 5. The van der Waals surface area contributed by atoms with Crippen molar-refractivity contribution in [2.45, 2.75) is 39.8 Å². The van der Waals surface area contributed by atoms with Crippen LogP contribution in [0.1, 0.15) is 32.9 Å². The van der Waals surface area contributed by atoms with Gasteiger partial charge in [-0.2, -0.15) is 0 Å². The number of hydrogen-bond acceptors (Lipinski definition) is 3. The monoisotopic (exact) mass is 236 g/mol. The molecule has 1 aromatic heterocycles. The fraction of sp³-hybridized carbons (Fsp3) is 0.538. The Balaban J connectivity index is 2.31. The van der Waals surface area contributed by atoms with E-state index < -0.39 is 0 Å². The van der Waals surface area contributed by atoms with Crippen molar-refractivity contribution in [2.75, 3.05) is 0 Å². The third kappa shape index (κ3) is 4.85. The van der Waals surface area contributed by atoms with Crippen LogP contribution >= 0.6 is 0 Å². The zero-order valence-corrected chi connectivity index (χ0v) is 10.6. The Morgan fingerprint density at radius 3 is 2.82 bits per heavy atom. The van der Waals surface area contributed by atoms with Crippen molar-refractivity contribution in [3.05, 3.63) is 30.1 Å². The van der Waals surface area contributed by atoms with Gasteiger partial charge < -0.3 is 10.1 Å². The van der Waals surface area contributed by atoms with Crippen molar-refractivity contribution in [3.63, 3.8) is 0 Å². The lowest BCUT2D eigenvalue weighted by Gasteiger charge is -2.19. The van der Waals surface area contributed by atoms with Gasteiger partial charge in [0.25, 0.3) is 0 Å². The molecule has 0 aliphatic rings. The summed E-state index contributed by atoms with van der Waals surface area (Å²) in [7, 11) is 0. The highest BCUT2D eigenvalue weighted by Crippen LogP contribution is 2.06. The summed E-state index contributed by atoms with van der Waals surface area (Å²) in [6.07, 6.45) is 2.32. The summed E-state index contributed by atoms with van der Waals surface area (Å²) >= 11 is 0. The molecule has 0 unspecified atom stereocenters. The molecule has 4 heteroatoms. The largest absolute Gasteiger partial charge is 0.443 e. The summed E-state index contributed by atoms with van der Waals surface area (Å²) in [4.78, 5) is 15.6. The summed E-state index contributed by atoms with van der Waals surface area (Å²) in [5, 5.41) is 2.81. The van der Waals surface area contributed by atoms with Crippen molar-refractivity contribution in [1.82, 2.24) is 10.3 Å². The minimum Gasteiger partial charge on any atom is -0.443 e. The number of carbonyl (C=O) groups is 1. The van der Waals surface area contributed by atoms with Crippen LogP contribution in [0.25, 0.3) is 0 Å². The molecule has 0 bridgehead atoms. The van der Waals surface area contributed by atoms with E-state index in [9.17, 15) is 4.79 Å². The molecular formula is C13H20N2O2. The highest BCUT2D eigenvalue weighted by atomic mass is 16.5. The number of nitrogens with one attached hydrogen (secondary N) is 1. The fourth-order valence-corrected chi connectivity index (χ4v) is 1.35. The predicted octanol–water partition coefficient (Wildman–Crippen LogP) is 2.74. The van der Waals surface area contributed by atoms with E-state index in [2.05, 4.69) is 24.1 Å². The van der Waals surface area contributed by atoms with Gasteiger partial charge in [-0.1, -0.05) is 26.3 Å². The van der Waals surface area contributed by atoms with Crippen LogP contribution in [0.5, 0.6) is 0 Å². The van der Waals surface area contributed by atoms with Gasteiger partial charge in [-0.05, 0) is 25.0 Å². The van der Waals surface area contributed by atoms with Gasteiger partial charge in [0.05, 0.1) is 5.69 Å². The molecule has 1 heterocycles. The number of hydrogen-bond donors (Lipinski definition) is 1. The second kappa shape index (κ2) is 6.89. The number of ether oxygens (including phenoxy) is 1. The fourth-order valence-electron chi connectivity index (χ4n) is 1.35. The Hall–Kier alpha value is -1.58. The summed E-state index contributed by atoms with van der Waals surface area (Å²) in [5.41, 5.74) is 0.749. The van der Waals surface area contributed by atoms with Crippen molar-refractivity contribution in [2.24, 2.45) is 5.92 Å².